The highest BCUT2D eigenvalue weighted by molar-refractivity contribution is 5.77. The molecule has 0 aliphatic rings. The van der Waals surface area contributed by atoms with Crippen LogP contribution in [0.25, 0.3) is 0 Å². The van der Waals surface area contributed by atoms with Gasteiger partial charge in [-0.1, -0.05) is 19.9 Å². The van der Waals surface area contributed by atoms with Crippen molar-refractivity contribution >= 4 is 23.0 Å². The second-order valence-electron chi connectivity index (χ2n) is 5.45. The molecular weight excluding hydrogens is 278 g/mol. The Hall–Kier alpha value is -2.50. The van der Waals surface area contributed by atoms with Crippen LogP contribution in [0, 0.1) is 5.92 Å². The zero-order chi connectivity index (χ0) is 15.9. The normalized spacial score (nSPS) is 10.5. The lowest BCUT2D eigenvalue weighted by Gasteiger charge is -2.13. The summed E-state index contributed by atoms with van der Waals surface area (Å²) < 4.78 is 5.21. The Morgan fingerprint density at radius 2 is 2.00 bits per heavy atom. The fourth-order valence-corrected chi connectivity index (χ4v) is 1.95. The molecule has 0 radical (unpaired) electrons. The molecule has 2 rings (SSSR count). The summed E-state index contributed by atoms with van der Waals surface area (Å²) in [6.45, 7) is 5.19. The number of anilines is 4. The number of nitrogens with two attached hydrogens (primary N) is 1. The molecule has 0 fully saturated rings. The van der Waals surface area contributed by atoms with Crippen LogP contribution in [0.3, 0.4) is 0 Å². The number of rotatable bonds is 7. The van der Waals surface area contributed by atoms with Crippen LogP contribution in [0.15, 0.2) is 30.6 Å². The summed E-state index contributed by atoms with van der Waals surface area (Å²) >= 11 is 0. The highest BCUT2D eigenvalue weighted by Gasteiger charge is 2.08. The number of methoxy groups -OCH3 is 1. The van der Waals surface area contributed by atoms with Gasteiger partial charge in [-0.05, 0) is 24.5 Å². The highest BCUT2D eigenvalue weighted by Crippen LogP contribution is 2.27. The van der Waals surface area contributed by atoms with Gasteiger partial charge in [-0.25, -0.2) is 9.97 Å². The quantitative estimate of drug-likeness (QED) is 0.728. The van der Waals surface area contributed by atoms with Gasteiger partial charge in [0.15, 0.2) is 11.6 Å². The molecule has 2 aromatic rings. The molecule has 6 heteroatoms. The van der Waals surface area contributed by atoms with E-state index in [1.165, 1.54) is 6.33 Å². The molecule has 1 aromatic heterocycles. The molecule has 0 atom stereocenters. The fraction of sp³-hybridized carbons (Fsp3) is 0.375. The number of nitrogens with zero attached hydrogens (tertiary/aromatic N) is 2. The molecule has 6 nitrogen and oxygen atoms in total. The molecule has 1 aromatic carbocycles. The summed E-state index contributed by atoms with van der Waals surface area (Å²) in [5.74, 6) is 2.63. The second kappa shape index (κ2) is 7.49. The minimum atomic E-state index is 0.508. The van der Waals surface area contributed by atoms with Crippen molar-refractivity contribution in [1.29, 1.82) is 0 Å². The van der Waals surface area contributed by atoms with E-state index >= 15 is 0 Å². The van der Waals surface area contributed by atoms with E-state index in [2.05, 4.69) is 34.4 Å². The molecule has 22 heavy (non-hydrogen) atoms. The number of nitrogens with one attached hydrogen (secondary N) is 2. The summed E-state index contributed by atoms with van der Waals surface area (Å²) in [4.78, 5) is 8.40. The van der Waals surface area contributed by atoms with Crippen LogP contribution in [0.1, 0.15) is 20.3 Å². The van der Waals surface area contributed by atoms with Crippen LogP contribution >= 0.6 is 0 Å². The maximum atomic E-state index is 6.14. The summed E-state index contributed by atoms with van der Waals surface area (Å²) in [5, 5.41) is 6.44. The van der Waals surface area contributed by atoms with E-state index in [-0.39, 0.29) is 0 Å². The number of hydrogen-bond acceptors (Lipinski definition) is 6. The van der Waals surface area contributed by atoms with Crippen molar-refractivity contribution in [2.45, 2.75) is 20.3 Å². The average Bonchev–Trinajstić information content (AvgIpc) is 2.51. The third kappa shape index (κ3) is 4.25. The van der Waals surface area contributed by atoms with Gasteiger partial charge >= 0.3 is 0 Å². The first kappa shape index (κ1) is 15.9. The highest BCUT2D eigenvalue weighted by atomic mass is 16.5. The Bertz CT molecular complexity index is 615. The smallest absolute Gasteiger partial charge is 0.159 e. The van der Waals surface area contributed by atoms with Crippen molar-refractivity contribution in [3.8, 4) is 5.75 Å². The number of nitrogen functional groups attached to an aromatic ring is 1. The van der Waals surface area contributed by atoms with Gasteiger partial charge in [-0.2, -0.15) is 0 Å². The first-order valence-electron chi connectivity index (χ1n) is 7.35. The summed E-state index contributed by atoms with van der Waals surface area (Å²) in [6.07, 6.45) is 2.55. The van der Waals surface area contributed by atoms with Gasteiger partial charge < -0.3 is 21.1 Å². The van der Waals surface area contributed by atoms with Gasteiger partial charge in [0.05, 0.1) is 7.11 Å². The van der Waals surface area contributed by atoms with E-state index in [4.69, 9.17) is 10.5 Å². The van der Waals surface area contributed by atoms with Crippen LogP contribution < -0.4 is 21.1 Å². The van der Waals surface area contributed by atoms with Crippen molar-refractivity contribution < 1.29 is 4.74 Å². The predicted octanol–water partition coefficient (Wildman–Crippen LogP) is 3.27. The molecule has 0 bridgehead atoms. The standard InChI is InChI=1S/C16H23N5O/c1-11(2)7-8-18-15-14(17)16(20-10-19-15)21-12-5-4-6-13(9-12)22-3/h4-6,9-11H,7-8,17H2,1-3H3,(H2,18,19,20,21). The van der Waals surface area contributed by atoms with Crippen LogP contribution in [-0.4, -0.2) is 23.6 Å². The van der Waals surface area contributed by atoms with E-state index in [1.807, 2.05) is 24.3 Å². The first-order chi connectivity index (χ1) is 10.6. The van der Waals surface area contributed by atoms with Crippen molar-refractivity contribution in [3.63, 3.8) is 0 Å². The maximum Gasteiger partial charge on any atom is 0.159 e. The SMILES string of the molecule is COc1cccc(Nc2ncnc(NCCC(C)C)c2N)c1. The molecule has 0 amide bonds. The third-order valence-electron chi connectivity index (χ3n) is 3.23. The van der Waals surface area contributed by atoms with E-state index in [0.717, 1.165) is 24.4 Å². The van der Waals surface area contributed by atoms with Crippen LogP contribution in [0.5, 0.6) is 5.75 Å². The topological polar surface area (TPSA) is 85.1 Å². The fourth-order valence-electron chi connectivity index (χ4n) is 1.95. The van der Waals surface area contributed by atoms with Gasteiger partial charge in [0.1, 0.15) is 17.8 Å². The number of aromatic nitrogens is 2. The third-order valence-corrected chi connectivity index (χ3v) is 3.23. The van der Waals surface area contributed by atoms with Gasteiger partial charge in [0.2, 0.25) is 0 Å². The Morgan fingerprint density at radius 3 is 2.73 bits per heavy atom. The summed E-state index contributed by atoms with van der Waals surface area (Å²) in [5.41, 5.74) is 7.50. The molecular formula is C16H23N5O. The van der Waals surface area contributed by atoms with E-state index < -0.39 is 0 Å². The number of hydrogen-bond donors (Lipinski definition) is 3. The largest absolute Gasteiger partial charge is 0.497 e. The van der Waals surface area contributed by atoms with Crippen LogP contribution in [-0.2, 0) is 0 Å². The van der Waals surface area contributed by atoms with Gasteiger partial charge in [0.25, 0.3) is 0 Å². The second-order valence-corrected chi connectivity index (χ2v) is 5.45. The van der Waals surface area contributed by atoms with E-state index in [9.17, 15) is 0 Å². The van der Waals surface area contributed by atoms with E-state index in [1.54, 1.807) is 7.11 Å². The Labute approximate surface area is 131 Å². The lowest BCUT2D eigenvalue weighted by atomic mass is 10.1. The Balaban J connectivity index is 2.10. The molecule has 0 aliphatic carbocycles. The van der Waals surface area contributed by atoms with Gasteiger partial charge in [0, 0.05) is 18.3 Å². The summed E-state index contributed by atoms with van der Waals surface area (Å²) in [7, 11) is 1.63. The Morgan fingerprint density at radius 1 is 1.23 bits per heavy atom. The molecule has 0 saturated heterocycles. The van der Waals surface area contributed by atoms with E-state index in [0.29, 0.717) is 23.2 Å². The number of benzene rings is 1. The average molecular weight is 301 g/mol. The predicted molar refractivity (Wildman–Crippen MR) is 90.7 cm³/mol. The monoisotopic (exact) mass is 301 g/mol. The molecule has 4 N–H and O–H groups in total. The molecule has 0 aliphatic heterocycles. The van der Waals surface area contributed by atoms with Crippen molar-refractivity contribution in [2.24, 2.45) is 5.92 Å². The van der Waals surface area contributed by atoms with Crippen LogP contribution in [0.4, 0.5) is 23.0 Å². The zero-order valence-corrected chi connectivity index (χ0v) is 13.3. The van der Waals surface area contributed by atoms with Gasteiger partial charge in [-0.15, -0.1) is 0 Å². The number of ether oxygens (including phenoxy) is 1. The van der Waals surface area contributed by atoms with Crippen molar-refractivity contribution in [1.82, 2.24) is 9.97 Å². The minimum Gasteiger partial charge on any atom is -0.497 e. The lowest BCUT2D eigenvalue weighted by Crippen LogP contribution is -2.10. The Kier molecular flexibility index (Phi) is 5.41. The van der Waals surface area contributed by atoms with Crippen molar-refractivity contribution in [2.75, 3.05) is 30.0 Å². The van der Waals surface area contributed by atoms with Crippen molar-refractivity contribution in [3.05, 3.63) is 30.6 Å². The van der Waals surface area contributed by atoms with Crippen LogP contribution in [0.2, 0.25) is 0 Å². The molecule has 118 valence electrons. The molecule has 0 unspecified atom stereocenters. The molecule has 0 spiro atoms. The lowest BCUT2D eigenvalue weighted by molar-refractivity contribution is 0.415. The maximum absolute atomic E-state index is 6.14. The first-order valence-corrected chi connectivity index (χ1v) is 7.35. The molecule has 0 saturated carbocycles. The summed E-state index contributed by atoms with van der Waals surface area (Å²) in [6, 6.07) is 7.59. The van der Waals surface area contributed by atoms with Gasteiger partial charge in [-0.3, -0.25) is 0 Å². The minimum absolute atomic E-state index is 0.508. The molecule has 1 heterocycles. The zero-order valence-electron chi connectivity index (χ0n) is 13.3.